The van der Waals surface area contributed by atoms with Crippen molar-refractivity contribution in [1.82, 2.24) is 14.8 Å². The van der Waals surface area contributed by atoms with Gasteiger partial charge in [-0.05, 0) is 6.42 Å². The average Bonchev–Trinajstić information content (AvgIpc) is 2.48. The molecule has 13 heavy (non-hydrogen) atoms. The van der Waals surface area contributed by atoms with Gasteiger partial charge in [0.15, 0.2) is 0 Å². The molecule has 1 aromatic rings. The molecule has 0 aliphatic carbocycles. The Morgan fingerprint density at radius 3 is 3.00 bits per heavy atom. The standard InChI is InChI=1S/C8H13N3O2/c1-11-8(9-6-10-11)5-7(13)3-2-4-12/h6,12H,2-5H2,1H3. The smallest absolute Gasteiger partial charge is 0.140 e. The van der Waals surface area contributed by atoms with Gasteiger partial charge >= 0.3 is 0 Å². The summed E-state index contributed by atoms with van der Waals surface area (Å²) in [5, 5.41) is 12.4. The molecule has 1 rings (SSSR count). The van der Waals surface area contributed by atoms with Crippen LogP contribution < -0.4 is 0 Å². The van der Waals surface area contributed by atoms with Crippen LogP contribution in [0.25, 0.3) is 0 Å². The van der Waals surface area contributed by atoms with Gasteiger partial charge in [0.05, 0.1) is 6.42 Å². The first kappa shape index (κ1) is 9.85. The summed E-state index contributed by atoms with van der Waals surface area (Å²) in [5.74, 6) is 0.757. The van der Waals surface area contributed by atoms with Crippen molar-refractivity contribution >= 4 is 5.78 Å². The fourth-order valence-corrected chi connectivity index (χ4v) is 1.02. The van der Waals surface area contributed by atoms with E-state index in [1.807, 2.05) is 0 Å². The number of aliphatic hydroxyl groups excluding tert-OH is 1. The molecule has 1 aromatic heterocycles. The van der Waals surface area contributed by atoms with Crippen LogP contribution in [0.4, 0.5) is 0 Å². The molecule has 0 saturated heterocycles. The maximum Gasteiger partial charge on any atom is 0.140 e. The second-order valence-corrected chi connectivity index (χ2v) is 2.84. The van der Waals surface area contributed by atoms with Gasteiger partial charge in [-0.2, -0.15) is 5.10 Å². The summed E-state index contributed by atoms with van der Waals surface area (Å²) in [7, 11) is 1.75. The Labute approximate surface area is 76.4 Å². The number of carbonyl (C=O) groups excluding carboxylic acids is 1. The number of rotatable bonds is 5. The minimum atomic E-state index is 0.0601. The lowest BCUT2D eigenvalue weighted by molar-refractivity contribution is -0.118. The Morgan fingerprint density at radius 2 is 2.46 bits per heavy atom. The first-order valence-electron chi connectivity index (χ1n) is 4.19. The minimum absolute atomic E-state index is 0.0601. The lowest BCUT2D eigenvalue weighted by Gasteiger charge is -1.98. The fraction of sp³-hybridized carbons (Fsp3) is 0.625. The summed E-state index contributed by atoms with van der Waals surface area (Å²) in [4.78, 5) is 15.2. The molecular weight excluding hydrogens is 170 g/mol. The number of Topliss-reactive ketones (excluding diaryl/α,β-unsaturated/α-hetero) is 1. The summed E-state index contributed by atoms with van der Waals surface area (Å²) in [5.41, 5.74) is 0. The number of hydrogen-bond acceptors (Lipinski definition) is 4. The Kier molecular flexibility index (Phi) is 3.57. The number of aromatic nitrogens is 3. The normalized spacial score (nSPS) is 10.3. The van der Waals surface area contributed by atoms with Crippen molar-refractivity contribution in [3.63, 3.8) is 0 Å². The summed E-state index contributed by atoms with van der Waals surface area (Å²) in [6.45, 7) is 0.0601. The van der Waals surface area contributed by atoms with Crippen LogP contribution in [0, 0.1) is 0 Å². The van der Waals surface area contributed by atoms with Crippen LogP contribution in [-0.2, 0) is 18.3 Å². The second-order valence-electron chi connectivity index (χ2n) is 2.84. The molecule has 5 nitrogen and oxygen atoms in total. The molecule has 0 atom stereocenters. The SMILES string of the molecule is Cn1ncnc1CC(=O)CCCO. The van der Waals surface area contributed by atoms with Gasteiger partial charge < -0.3 is 5.11 Å². The molecule has 0 saturated carbocycles. The van der Waals surface area contributed by atoms with Crippen molar-refractivity contribution in [3.8, 4) is 0 Å². The number of aryl methyl sites for hydroxylation is 1. The van der Waals surface area contributed by atoms with Gasteiger partial charge in [0, 0.05) is 20.1 Å². The minimum Gasteiger partial charge on any atom is -0.396 e. The molecule has 0 fully saturated rings. The zero-order valence-electron chi connectivity index (χ0n) is 7.60. The molecular formula is C8H13N3O2. The zero-order valence-corrected chi connectivity index (χ0v) is 7.60. The predicted molar refractivity (Wildman–Crippen MR) is 46.0 cm³/mol. The van der Waals surface area contributed by atoms with Crippen molar-refractivity contribution in [2.24, 2.45) is 7.05 Å². The van der Waals surface area contributed by atoms with Crippen LogP contribution in [0.15, 0.2) is 6.33 Å². The maximum absolute atomic E-state index is 11.2. The van der Waals surface area contributed by atoms with Gasteiger partial charge in [-0.15, -0.1) is 0 Å². The molecule has 0 spiro atoms. The third-order valence-electron chi connectivity index (χ3n) is 1.77. The Bertz CT molecular complexity index is 283. The molecule has 1 heterocycles. The second kappa shape index (κ2) is 4.71. The van der Waals surface area contributed by atoms with Crippen LogP contribution >= 0.6 is 0 Å². The highest BCUT2D eigenvalue weighted by Crippen LogP contribution is 1.98. The van der Waals surface area contributed by atoms with E-state index in [4.69, 9.17) is 5.11 Å². The number of nitrogens with zero attached hydrogens (tertiary/aromatic N) is 3. The zero-order chi connectivity index (χ0) is 9.68. The summed E-state index contributed by atoms with van der Waals surface area (Å²) < 4.78 is 1.58. The first-order valence-corrected chi connectivity index (χ1v) is 4.19. The molecule has 0 aliphatic rings. The molecule has 0 bridgehead atoms. The molecule has 5 heteroatoms. The van der Waals surface area contributed by atoms with Gasteiger partial charge in [-0.25, -0.2) is 4.98 Å². The van der Waals surface area contributed by atoms with Crippen molar-refractivity contribution in [1.29, 1.82) is 0 Å². The molecule has 0 amide bonds. The molecule has 0 unspecified atom stereocenters. The van der Waals surface area contributed by atoms with E-state index in [1.165, 1.54) is 6.33 Å². The molecule has 0 aliphatic heterocycles. The van der Waals surface area contributed by atoms with Crippen molar-refractivity contribution in [2.45, 2.75) is 19.3 Å². The van der Waals surface area contributed by atoms with Crippen LogP contribution in [-0.4, -0.2) is 32.3 Å². The Hall–Kier alpha value is -1.23. The third-order valence-corrected chi connectivity index (χ3v) is 1.77. The quantitative estimate of drug-likeness (QED) is 0.680. The highest BCUT2D eigenvalue weighted by molar-refractivity contribution is 5.80. The molecule has 72 valence electrons. The molecule has 1 N–H and O–H groups in total. The summed E-state index contributed by atoms with van der Waals surface area (Å²) >= 11 is 0. The van der Waals surface area contributed by atoms with Crippen LogP contribution in [0.2, 0.25) is 0 Å². The van der Waals surface area contributed by atoms with Gasteiger partial charge in [0.1, 0.15) is 17.9 Å². The predicted octanol–water partition coefficient (Wildman–Crippen LogP) is -0.301. The first-order chi connectivity index (χ1) is 6.24. The van der Waals surface area contributed by atoms with Crippen molar-refractivity contribution in [2.75, 3.05) is 6.61 Å². The highest BCUT2D eigenvalue weighted by Gasteiger charge is 2.07. The van der Waals surface area contributed by atoms with Crippen LogP contribution in [0.3, 0.4) is 0 Å². The number of ketones is 1. The third kappa shape index (κ3) is 2.95. The molecule has 0 radical (unpaired) electrons. The summed E-state index contributed by atoms with van der Waals surface area (Å²) in [6, 6.07) is 0. The van der Waals surface area contributed by atoms with E-state index in [-0.39, 0.29) is 12.4 Å². The van der Waals surface area contributed by atoms with Gasteiger partial charge in [-0.1, -0.05) is 0 Å². The van der Waals surface area contributed by atoms with E-state index >= 15 is 0 Å². The number of hydrogen-bond donors (Lipinski definition) is 1. The van der Waals surface area contributed by atoms with E-state index in [0.717, 1.165) is 0 Å². The highest BCUT2D eigenvalue weighted by atomic mass is 16.3. The topological polar surface area (TPSA) is 68.0 Å². The lowest BCUT2D eigenvalue weighted by Crippen LogP contribution is -2.08. The number of aliphatic hydroxyl groups is 1. The van der Waals surface area contributed by atoms with E-state index in [0.29, 0.717) is 25.1 Å². The van der Waals surface area contributed by atoms with Crippen molar-refractivity contribution < 1.29 is 9.90 Å². The van der Waals surface area contributed by atoms with Gasteiger partial charge in [-0.3, -0.25) is 9.48 Å². The van der Waals surface area contributed by atoms with E-state index in [1.54, 1.807) is 11.7 Å². The van der Waals surface area contributed by atoms with Crippen LogP contribution in [0.5, 0.6) is 0 Å². The van der Waals surface area contributed by atoms with Crippen molar-refractivity contribution in [3.05, 3.63) is 12.2 Å². The Balaban J connectivity index is 2.41. The van der Waals surface area contributed by atoms with Gasteiger partial charge in [0.2, 0.25) is 0 Å². The largest absolute Gasteiger partial charge is 0.396 e. The average molecular weight is 183 g/mol. The van der Waals surface area contributed by atoms with Crippen LogP contribution in [0.1, 0.15) is 18.7 Å². The lowest BCUT2D eigenvalue weighted by atomic mass is 10.1. The Morgan fingerprint density at radius 1 is 1.69 bits per heavy atom. The van der Waals surface area contributed by atoms with Gasteiger partial charge in [0.25, 0.3) is 0 Å². The molecule has 0 aromatic carbocycles. The monoisotopic (exact) mass is 183 g/mol. The van der Waals surface area contributed by atoms with E-state index in [9.17, 15) is 4.79 Å². The van der Waals surface area contributed by atoms with E-state index < -0.39 is 0 Å². The number of carbonyl (C=O) groups is 1. The fourth-order valence-electron chi connectivity index (χ4n) is 1.02. The maximum atomic E-state index is 11.2. The summed E-state index contributed by atoms with van der Waals surface area (Å²) in [6.07, 6.45) is 2.66. The van der Waals surface area contributed by atoms with E-state index in [2.05, 4.69) is 10.1 Å².